The molecule has 20 heavy (non-hydrogen) atoms. The van der Waals surface area contributed by atoms with Crippen LogP contribution in [-0.4, -0.2) is 25.0 Å². The molecule has 3 fully saturated rings. The quantitative estimate of drug-likeness (QED) is 0.779. The third-order valence-electron chi connectivity index (χ3n) is 5.77. The normalized spacial score (nSPS) is 35.3. The number of carbonyl (C=O) groups is 1. The van der Waals surface area contributed by atoms with Gasteiger partial charge >= 0.3 is 0 Å². The van der Waals surface area contributed by atoms with Crippen LogP contribution in [-0.2, 0) is 4.79 Å². The predicted octanol–water partition coefficient (Wildman–Crippen LogP) is 2.85. The standard InChI is InChI=1S/C17H30N2O/c20-17(9-13-5-3-1-2-4-6-13)19-16-8-7-14-11-18-12-15(14)10-16/h13-16,18H,1-12H2,(H,19,20)/t14-,15+,16?/m0/s1. The molecule has 2 N–H and O–H groups in total. The Balaban J connectivity index is 1.41. The molecule has 0 radical (unpaired) electrons. The Morgan fingerprint density at radius 2 is 1.70 bits per heavy atom. The Morgan fingerprint density at radius 1 is 0.950 bits per heavy atom. The van der Waals surface area contributed by atoms with Gasteiger partial charge in [0, 0.05) is 12.5 Å². The van der Waals surface area contributed by atoms with Crippen molar-refractivity contribution in [2.24, 2.45) is 17.8 Å². The maximum atomic E-state index is 12.3. The van der Waals surface area contributed by atoms with Gasteiger partial charge < -0.3 is 10.6 Å². The largest absolute Gasteiger partial charge is 0.353 e. The van der Waals surface area contributed by atoms with Crippen molar-refractivity contribution in [1.29, 1.82) is 0 Å². The minimum absolute atomic E-state index is 0.325. The van der Waals surface area contributed by atoms with E-state index in [-0.39, 0.29) is 0 Å². The summed E-state index contributed by atoms with van der Waals surface area (Å²) < 4.78 is 0. The highest BCUT2D eigenvalue weighted by Gasteiger charge is 2.34. The molecule has 114 valence electrons. The van der Waals surface area contributed by atoms with E-state index in [2.05, 4.69) is 10.6 Å². The van der Waals surface area contributed by atoms with Gasteiger partial charge in [0.15, 0.2) is 0 Å². The fourth-order valence-electron chi connectivity index (χ4n) is 4.55. The first-order valence-electron chi connectivity index (χ1n) is 8.81. The van der Waals surface area contributed by atoms with Gasteiger partial charge in [-0.05, 0) is 62.9 Å². The number of hydrogen-bond donors (Lipinski definition) is 2. The predicted molar refractivity (Wildman–Crippen MR) is 81.4 cm³/mol. The summed E-state index contributed by atoms with van der Waals surface area (Å²) in [5, 5.41) is 6.83. The van der Waals surface area contributed by atoms with Crippen LogP contribution in [0.25, 0.3) is 0 Å². The maximum absolute atomic E-state index is 12.3. The summed E-state index contributed by atoms with van der Waals surface area (Å²) in [6.45, 7) is 2.37. The van der Waals surface area contributed by atoms with Crippen molar-refractivity contribution >= 4 is 5.91 Å². The van der Waals surface area contributed by atoms with Crippen LogP contribution < -0.4 is 10.6 Å². The molecule has 1 unspecified atom stereocenters. The van der Waals surface area contributed by atoms with E-state index < -0.39 is 0 Å². The maximum Gasteiger partial charge on any atom is 0.220 e. The summed E-state index contributed by atoms with van der Waals surface area (Å²) >= 11 is 0. The Morgan fingerprint density at radius 3 is 2.50 bits per heavy atom. The molecule has 3 aliphatic rings. The van der Waals surface area contributed by atoms with Crippen molar-refractivity contribution < 1.29 is 4.79 Å². The fourth-order valence-corrected chi connectivity index (χ4v) is 4.55. The van der Waals surface area contributed by atoms with Gasteiger partial charge in [0.1, 0.15) is 0 Å². The Bertz CT molecular complexity index is 323. The topological polar surface area (TPSA) is 41.1 Å². The Labute approximate surface area is 123 Å². The molecule has 1 heterocycles. The van der Waals surface area contributed by atoms with E-state index in [1.807, 2.05) is 0 Å². The highest BCUT2D eigenvalue weighted by atomic mass is 16.1. The zero-order valence-corrected chi connectivity index (χ0v) is 12.7. The first-order chi connectivity index (χ1) is 9.81. The molecule has 3 heteroatoms. The summed E-state index contributed by atoms with van der Waals surface area (Å²) in [6.07, 6.45) is 12.4. The van der Waals surface area contributed by atoms with Gasteiger partial charge in [0.05, 0.1) is 0 Å². The zero-order valence-electron chi connectivity index (χ0n) is 12.7. The van der Waals surface area contributed by atoms with Crippen LogP contribution in [0.4, 0.5) is 0 Å². The minimum Gasteiger partial charge on any atom is -0.353 e. The van der Waals surface area contributed by atoms with Crippen molar-refractivity contribution in [3.05, 3.63) is 0 Å². The fraction of sp³-hybridized carbons (Fsp3) is 0.941. The lowest BCUT2D eigenvalue weighted by atomic mass is 9.79. The van der Waals surface area contributed by atoms with Crippen LogP contribution >= 0.6 is 0 Å². The van der Waals surface area contributed by atoms with Gasteiger partial charge in [-0.15, -0.1) is 0 Å². The Hall–Kier alpha value is -0.570. The molecule has 0 aromatic heterocycles. The van der Waals surface area contributed by atoms with E-state index in [9.17, 15) is 4.79 Å². The molecule has 3 atom stereocenters. The highest BCUT2D eigenvalue weighted by molar-refractivity contribution is 5.76. The molecular weight excluding hydrogens is 248 g/mol. The van der Waals surface area contributed by atoms with Crippen molar-refractivity contribution in [3.63, 3.8) is 0 Å². The van der Waals surface area contributed by atoms with E-state index in [4.69, 9.17) is 0 Å². The monoisotopic (exact) mass is 278 g/mol. The summed E-state index contributed by atoms with van der Waals surface area (Å²) in [4.78, 5) is 12.3. The summed E-state index contributed by atoms with van der Waals surface area (Å²) in [7, 11) is 0. The van der Waals surface area contributed by atoms with E-state index in [1.54, 1.807) is 0 Å². The lowest BCUT2D eigenvalue weighted by Crippen LogP contribution is -2.41. The molecule has 0 bridgehead atoms. The van der Waals surface area contributed by atoms with E-state index in [0.717, 1.165) is 18.3 Å². The molecule has 0 aromatic rings. The second-order valence-electron chi connectivity index (χ2n) is 7.32. The van der Waals surface area contributed by atoms with Crippen LogP contribution in [0.3, 0.4) is 0 Å². The van der Waals surface area contributed by atoms with Gasteiger partial charge in [-0.2, -0.15) is 0 Å². The number of carbonyl (C=O) groups excluding carboxylic acids is 1. The second kappa shape index (κ2) is 6.93. The molecule has 3 rings (SSSR count). The van der Waals surface area contributed by atoms with E-state index >= 15 is 0 Å². The average Bonchev–Trinajstić information content (AvgIpc) is 2.75. The van der Waals surface area contributed by atoms with Crippen LogP contribution in [0.2, 0.25) is 0 Å². The summed E-state index contributed by atoms with van der Waals surface area (Å²) in [5.74, 6) is 2.67. The van der Waals surface area contributed by atoms with Gasteiger partial charge in [-0.1, -0.05) is 25.7 Å². The van der Waals surface area contributed by atoms with Crippen molar-refractivity contribution in [2.45, 2.75) is 70.3 Å². The molecule has 3 nitrogen and oxygen atoms in total. The molecule has 0 spiro atoms. The number of rotatable bonds is 3. The van der Waals surface area contributed by atoms with E-state index in [0.29, 0.717) is 17.9 Å². The molecule has 2 saturated carbocycles. The van der Waals surface area contributed by atoms with Crippen LogP contribution in [0, 0.1) is 17.8 Å². The molecule has 2 aliphatic carbocycles. The molecular formula is C17H30N2O. The van der Waals surface area contributed by atoms with Gasteiger partial charge in [0.2, 0.25) is 5.91 Å². The van der Waals surface area contributed by atoms with Gasteiger partial charge in [-0.3, -0.25) is 4.79 Å². The SMILES string of the molecule is O=C(CC1CCCCCC1)NC1CC[C@H]2CNC[C@H]2C1. The minimum atomic E-state index is 0.325. The average molecular weight is 278 g/mol. The zero-order chi connectivity index (χ0) is 13.8. The van der Waals surface area contributed by atoms with Crippen molar-refractivity contribution in [3.8, 4) is 0 Å². The smallest absolute Gasteiger partial charge is 0.220 e. The molecule has 1 saturated heterocycles. The lowest BCUT2D eigenvalue weighted by Gasteiger charge is -2.32. The summed E-state index contributed by atoms with van der Waals surface area (Å²) in [6, 6.07) is 0.453. The molecule has 1 aliphatic heterocycles. The Kier molecular flexibility index (Phi) is 4.98. The van der Waals surface area contributed by atoms with Crippen molar-refractivity contribution in [2.75, 3.05) is 13.1 Å². The van der Waals surface area contributed by atoms with Gasteiger partial charge in [0.25, 0.3) is 0 Å². The highest BCUT2D eigenvalue weighted by Crippen LogP contribution is 2.33. The number of hydrogen-bond acceptors (Lipinski definition) is 2. The van der Waals surface area contributed by atoms with Crippen LogP contribution in [0.5, 0.6) is 0 Å². The third kappa shape index (κ3) is 3.75. The first kappa shape index (κ1) is 14.4. The van der Waals surface area contributed by atoms with Gasteiger partial charge in [-0.25, -0.2) is 0 Å². The summed E-state index contributed by atoms with van der Waals surface area (Å²) in [5.41, 5.74) is 0. The third-order valence-corrected chi connectivity index (χ3v) is 5.77. The first-order valence-corrected chi connectivity index (χ1v) is 8.81. The number of fused-ring (bicyclic) bond motifs is 1. The second-order valence-corrected chi connectivity index (χ2v) is 7.32. The molecule has 1 amide bonds. The van der Waals surface area contributed by atoms with Crippen molar-refractivity contribution in [1.82, 2.24) is 10.6 Å². The lowest BCUT2D eigenvalue weighted by molar-refractivity contribution is -0.123. The van der Waals surface area contributed by atoms with E-state index in [1.165, 1.54) is 70.9 Å². The number of nitrogens with one attached hydrogen (secondary N) is 2. The molecule has 0 aromatic carbocycles. The van der Waals surface area contributed by atoms with Crippen LogP contribution in [0.1, 0.15) is 64.2 Å². The number of amides is 1. The van der Waals surface area contributed by atoms with Crippen LogP contribution in [0.15, 0.2) is 0 Å².